The molecule has 1 aromatic rings. The van der Waals surface area contributed by atoms with E-state index in [1.807, 2.05) is 0 Å². The fourth-order valence-electron chi connectivity index (χ4n) is 1.84. The van der Waals surface area contributed by atoms with Crippen molar-refractivity contribution in [1.82, 2.24) is 0 Å². The standard InChI is InChI=1S/C12H14O3/c13-8-9-4-6-10(7-5-9)15-12-3-1-2-11(12)14/h4-8,11-12,14H,1-3H2/t11-,12-/m1/s1. The Morgan fingerprint density at radius 3 is 2.53 bits per heavy atom. The van der Waals surface area contributed by atoms with Crippen molar-refractivity contribution in [3.8, 4) is 5.75 Å². The number of carbonyl (C=O) groups is 1. The van der Waals surface area contributed by atoms with Gasteiger partial charge in [0.15, 0.2) is 0 Å². The van der Waals surface area contributed by atoms with Crippen LogP contribution in [0.5, 0.6) is 5.75 Å². The number of rotatable bonds is 3. The van der Waals surface area contributed by atoms with Gasteiger partial charge in [0.05, 0.1) is 6.10 Å². The third-order valence-corrected chi connectivity index (χ3v) is 2.72. The van der Waals surface area contributed by atoms with Crippen molar-refractivity contribution >= 4 is 6.29 Å². The average molecular weight is 206 g/mol. The van der Waals surface area contributed by atoms with Gasteiger partial charge in [-0.2, -0.15) is 0 Å². The summed E-state index contributed by atoms with van der Waals surface area (Å²) in [7, 11) is 0. The van der Waals surface area contributed by atoms with Crippen LogP contribution in [-0.4, -0.2) is 23.6 Å². The lowest BCUT2D eigenvalue weighted by Gasteiger charge is -2.16. The number of ether oxygens (including phenoxy) is 1. The van der Waals surface area contributed by atoms with Gasteiger partial charge in [0, 0.05) is 5.56 Å². The van der Waals surface area contributed by atoms with Crippen molar-refractivity contribution in [3.05, 3.63) is 29.8 Å². The zero-order chi connectivity index (χ0) is 10.7. The van der Waals surface area contributed by atoms with Gasteiger partial charge in [-0.15, -0.1) is 0 Å². The number of aliphatic hydroxyl groups excluding tert-OH is 1. The Balaban J connectivity index is 2.01. The van der Waals surface area contributed by atoms with Crippen LogP contribution < -0.4 is 4.74 Å². The van der Waals surface area contributed by atoms with Crippen molar-refractivity contribution in [2.75, 3.05) is 0 Å². The van der Waals surface area contributed by atoms with Crippen molar-refractivity contribution in [2.45, 2.75) is 31.5 Å². The maximum Gasteiger partial charge on any atom is 0.150 e. The second kappa shape index (κ2) is 4.45. The molecule has 1 aliphatic rings. The molecule has 3 heteroatoms. The third-order valence-electron chi connectivity index (χ3n) is 2.72. The molecule has 0 saturated heterocycles. The van der Waals surface area contributed by atoms with Gasteiger partial charge < -0.3 is 9.84 Å². The summed E-state index contributed by atoms with van der Waals surface area (Å²) < 4.78 is 5.62. The largest absolute Gasteiger partial charge is 0.488 e. The van der Waals surface area contributed by atoms with E-state index in [9.17, 15) is 9.90 Å². The van der Waals surface area contributed by atoms with Gasteiger partial charge in [-0.05, 0) is 43.5 Å². The number of hydrogen-bond donors (Lipinski definition) is 1. The summed E-state index contributed by atoms with van der Waals surface area (Å²) in [5, 5.41) is 9.57. The molecule has 2 atom stereocenters. The van der Waals surface area contributed by atoms with E-state index in [0.717, 1.165) is 25.5 Å². The summed E-state index contributed by atoms with van der Waals surface area (Å²) in [6.07, 6.45) is 3.09. The van der Waals surface area contributed by atoms with Gasteiger partial charge in [-0.25, -0.2) is 0 Å². The highest BCUT2D eigenvalue weighted by atomic mass is 16.5. The highest BCUT2D eigenvalue weighted by Crippen LogP contribution is 2.24. The van der Waals surface area contributed by atoms with E-state index < -0.39 is 0 Å². The fraction of sp³-hybridized carbons (Fsp3) is 0.417. The van der Waals surface area contributed by atoms with Crippen LogP contribution in [-0.2, 0) is 0 Å². The molecule has 0 amide bonds. The first kappa shape index (κ1) is 10.2. The van der Waals surface area contributed by atoms with Crippen LogP contribution in [0, 0.1) is 0 Å². The molecule has 1 aromatic carbocycles. The molecular formula is C12H14O3. The Morgan fingerprint density at radius 1 is 1.27 bits per heavy atom. The monoisotopic (exact) mass is 206 g/mol. The summed E-state index contributed by atoms with van der Waals surface area (Å²) in [5.41, 5.74) is 0.634. The molecule has 0 aromatic heterocycles. The Hall–Kier alpha value is -1.35. The smallest absolute Gasteiger partial charge is 0.150 e. The Morgan fingerprint density at radius 2 is 2.00 bits per heavy atom. The van der Waals surface area contributed by atoms with E-state index in [1.165, 1.54) is 0 Å². The molecule has 3 nitrogen and oxygen atoms in total. The highest BCUT2D eigenvalue weighted by Gasteiger charge is 2.26. The second-order valence-electron chi connectivity index (χ2n) is 3.84. The van der Waals surface area contributed by atoms with Crippen LogP contribution in [0.1, 0.15) is 29.6 Å². The number of aldehydes is 1. The van der Waals surface area contributed by atoms with Crippen molar-refractivity contribution in [3.63, 3.8) is 0 Å². The van der Waals surface area contributed by atoms with Gasteiger partial charge in [0.1, 0.15) is 18.1 Å². The first-order valence-electron chi connectivity index (χ1n) is 5.19. The number of benzene rings is 1. The molecule has 0 heterocycles. The van der Waals surface area contributed by atoms with Crippen LogP contribution in [0.4, 0.5) is 0 Å². The quantitative estimate of drug-likeness (QED) is 0.767. The Bertz CT molecular complexity index is 331. The van der Waals surface area contributed by atoms with Crippen LogP contribution in [0.25, 0.3) is 0 Å². The van der Waals surface area contributed by atoms with Gasteiger partial charge >= 0.3 is 0 Å². The van der Waals surface area contributed by atoms with Gasteiger partial charge in [-0.3, -0.25) is 4.79 Å². The second-order valence-corrected chi connectivity index (χ2v) is 3.84. The normalized spacial score (nSPS) is 25.1. The topological polar surface area (TPSA) is 46.5 Å². The van der Waals surface area contributed by atoms with Crippen LogP contribution in [0.15, 0.2) is 24.3 Å². The zero-order valence-electron chi connectivity index (χ0n) is 8.43. The zero-order valence-corrected chi connectivity index (χ0v) is 8.43. The van der Waals surface area contributed by atoms with Crippen molar-refractivity contribution < 1.29 is 14.6 Å². The first-order chi connectivity index (χ1) is 7.29. The molecule has 1 saturated carbocycles. The lowest BCUT2D eigenvalue weighted by Crippen LogP contribution is -2.25. The predicted molar refractivity (Wildman–Crippen MR) is 56.1 cm³/mol. The summed E-state index contributed by atoms with van der Waals surface area (Å²) in [4.78, 5) is 10.4. The van der Waals surface area contributed by atoms with E-state index in [4.69, 9.17) is 4.74 Å². The Labute approximate surface area is 88.7 Å². The molecule has 0 aliphatic heterocycles. The predicted octanol–water partition coefficient (Wildman–Crippen LogP) is 1.79. The van der Waals surface area contributed by atoms with E-state index in [1.54, 1.807) is 24.3 Å². The minimum Gasteiger partial charge on any atom is -0.488 e. The SMILES string of the molecule is O=Cc1ccc(O[C@@H]2CCC[C@H]2O)cc1. The average Bonchev–Trinajstić information content (AvgIpc) is 2.66. The summed E-state index contributed by atoms with van der Waals surface area (Å²) >= 11 is 0. The molecule has 80 valence electrons. The summed E-state index contributed by atoms with van der Waals surface area (Å²) in [6, 6.07) is 6.94. The molecule has 1 N–H and O–H groups in total. The van der Waals surface area contributed by atoms with Gasteiger partial charge in [0.25, 0.3) is 0 Å². The summed E-state index contributed by atoms with van der Waals surface area (Å²) in [6.45, 7) is 0. The number of carbonyl (C=O) groups excluding carboxylic acids is 1. The molecule has 1 aliphatic carbocycles. The first-order valence-corrected chi connectivity index (χ1v) is 5.19. The maximum atomic E-state index is 10.4. The molecule has 0 unspecified atom stereocenters. The van der Waals surface area contributed by atoms with Crippen LogP contribution >= 0.6 is 0 Å². The Kier molecular flexibility index (Phi) is 3.02. The molecule has 0 bridgehead atoms. The van der Waals surface area contributed by atoms with E-state index in [-0.39, 0.29) is 12.2 Å². The maximum absolute atomic E-state index is 10.4. The lowest BCUT2D eigenvalue weighted by atomic mass is 10.2. The molecule has 15 heavy (non-hydrogen) atoms. The highest BCUT2D eigenvalue weighted by molar-refractivity contribution is 5.74. The lowest BCUT2D eigenvalue weighted by molar-refractivity contribution is 0.0604. The van der Waals surface area contributed by atoms with Crippen LogP contribution in [0.3, 0.4) is 0 Å². The molecule has 1 fully saturated rings. The molecule has 0 spiro atoms. The minimum atomic E-state index is -0.351. The van der Waals surface area contributed by atoms with Crippen LogP contribution in [0.2, 0.25) is 0 Å². The molecule has 0 radical (unpaired) electrons. The minimum absolute atomic E-state index is 0.0907. The molecular weight excluding hydrogens is 192 g/mol. The van der Waals surface area contributed by atoms with E-state index >= 15 is 0 Å². The third kappa shape index (κ3) is 2.36. The van der Waals surface area contributed by atoms with Crippen molar-refractivity contribution in [2.24, 2.45) is 0 Å². The van der Waals surface area contributed by atoms with E-state index in [0.29, 0.717) is 11.3 Å². The molecule has 2 rings (SSSR count). The fourth-order valence-corrected chi connectivity index (χ4v) is 1.84. The summed E-state index contributed by atoms with van der Waals surface area (Å²) in [5.74, 6) is 0.714. The van der Waals surface area contributed by atoms with Gasteiger partial charge in [0.2, 0.25) is 0 Å². The van der Waals surface area contributed by atoms with E-state index in [2.05, 4.69) is 0 Å². The number of aliphatic hydroxyl groups is 1. The van der Waals surface area contributed by atoms with Crippen molar-refractivity contribution in [1.29, 1.82) is 0 Å². The number of hydrogen-bond acceptors (Lipinski definition) is 3. The van der Waals surface area contributed by atoms with Gasteiger partial charge in [-0.1, -0.05) is 0 Å².